The third-order valence-electron chi connectivity index (χ3n) is 6.85. The molecule has 1 unspecified atom stereocenters. The molecule has 0 bridgehead atoms. The lowest BCUT2D eigenvalue weighted by Gasteiger charge is -2.50. The molecule has 2 aliphatic carbocycles. The first kappa shape index (κ1) is 22.8. The summed E-state index contributed by atoms with van der Waals surface area (Å²) in [5, 5.41) is 55.2. The van der Waals surface area contributed by atoms with Crippen molar-refractivity contribution in [3.63, 3.8) is 0 Å². The number of fused-ring (bicyclic) bond motifs is 3. The molecule has 1 saturated carbocycles. The van der Waals surface area contributed by atoms with Crippen molar-refractivity contribution >= 4 is 23.4 Å². The molecular weight excluding hydrogens is 436 g/mol. The van der Waals surface area contributed by atoms with Gasteiger partial charge in [-0.25, -0.2) is 4.79 Å². The van der Waals surface area contributed by atoms with Crippen molar-refractivity contribution < 1.29 is 44.7 Å². The van der Waals surface area contributed by atoms with E-state index in [0.29, 0.717) is 0 Å². The lowest BCUT2D eigenvalue weighted by molar-refractivity contribution is -0.179. The fourth-order valence-electron chi connectivity index (χ4n) is 5.22. The van der Waals surface area contributed by atoms with Crippen LogP contribution in [0.4, 0.5) is 0 Å². The Hall–Kier alpha value is -3.41. The third kappa shape index (κ3) is 2.82. The SMILES string of the molecule is CN(C)C1OC(=O)C(C(N)=O)=C(O)[C@@]2(O)C(=O)C3=C(O)c4c(O)cccc4[C@@](C)(O)[C@H]3C[C@@H]12. The van der Waals surface area contributed by atoms with Gasteiger partial charge in [-0.2, -0.15) is 0 Å². The molecule has 176 valence electrons. The number of phenols is 1. The summed E-state index contributed by atoms with van der Waals surface area (Å²) in [6.45, 7) is 1.39. The number of rotatable bonds is 2. The van der Waals surface area contributed by atoms with Crippen LogP contribution in [0.3, 0.4) is 0 Å². The maximum absolute atomic E-state index is 13.7. The van der Waals surface area contributed by atoms with Crippen molar-refractivity contribution in [2.45, 2.75) is 30.8 Å². The van der Waals surface area contributed by atoms with Gasteiger partial charge in [0.05, 0.1) is 17.1 Å². The molecule has 4 rings (SSSR count). The fraction of sp³-hybridized carbons (Fsp3) is 0.409. The van der Waals surface area contributed by atoms with Crippen LogP contribution in [0, 0.1) is 11.8 Å². The molecule has 33 heavy (non-hydrogen) atoms. The smallest absolute Gasteiger partial charge is 0.348 e. The van der Waals surface area contributed by atoms with E-state index in [9.17, 15) is 39.9 Å². The first-order valence-electron chi connectivity index (χ1n) is 10.1. The van der Waals surface area contributed by atoms with E-state index in [4.69, 9.17) is 10.5 Å². The molecule has 1 aliphatic heterocycles. The van der Waals surface area contributed by atoms with Crippen LogP contribution in [0.15, 0.2) is 35.1 Å². The highest BCUT2D eigenvalue weighted by molar-refractivity contribution is 6.19. The molecule has 0 saturated heterocycles. The van der Waals surface area contributed by atoms with Crippen LogP contribution in [-0.4, -0.2) is 74.0 Å². The number of carbonyl (C=O) groups excluding carboxylic acids is 3. The summed E-state index contributed by atoms with van der Waals surface area (Å²) in [4.78, 5) is 39.6. The molecule has 11 nitrogen and oxygen atoms in total. The molecule has 3 aliphatic rings. The second-order valence-electron chi connectivity index (χ2n) is 8.95. The number of amides is 1. The zero-order valence-corrected chi connectivity index (χ0v) is 18.1. The van der Waals surface area contributed by atoms with Gasteiger partial charge in [0.1, 0.15) is 11.5 Å². The van der Waals surface area contributed by atoms with Gasteiger partial charge in [-0.05, 0) is 39.1 Å². The zero-order chi connectivity index (χ0) is 24.6. The van der Waals surface area contributed by atoms with Crippen molar-refractivity contribution in [1.29, 1.82) is 0 Å². The van der Waals surface area contributed by atoms with Gasteiger partial charge < -0.3 is 36.0 Å². The van der Waals surface area contributed by atoms with E-state index < -0.39 is 75.3 Å². The van der Waals surface area contributed by atoms with E-state index in [0.717, 1.165) is 0 Å². The molecule has 11 heteroatoms. The molecule has 7 N–H and O–H groups in total. The minimum atomic E-state index is -2.89. The van der Waals surface area contributed by atoms with Gasteiger partial charge in [-0.3, -0.25) is 14.5 Å². The van der Waals surface area contributed by atoms with E-state index in [1.807, 2.05) is 0 Å². The fourth-order valence-corrected chi connectivity index (χ4v) is 5.22. The standard InChI is InChI=1S/C22H24N2O9/c1-21(31)8-5-4-6-11(25)12(8)15(26)13-9(21)7-10-19(24(2)3)33-20(30)14(18(23)29)17(28)22(10,32)16(13)27/h4-6,9-10,19,25-26,28,31-32H,7H2,1-3H3,(H2,23,29)/t9-,10-,19?,21+,22-/m0/s1. The maximum Gasteiger partial charge on any atom is 0.348 e. The van der Waals surface area contributed by atoms with Gasteiger partial charge in [-0.15, -0.1) is 0 Å². The van der Waals surface area contributed by atoms with E-state index in [1.165, 1.54) is 44.1 Å². The number of benzene rings is 1. The van der Waals surface area contributed by atoms with Crippen molar-refractivity contribution in [3.05, 3.63) is 46.2 Å². The predicted octanol–water partition coefficient (Wildman–Crippen LogP) is -0.439. The summed E-state index contributed by atoms with van der Waals surface area (Å²) >= 11 is 0. The highest BCUT2D eigenvalue weighted by atomic mass is 16.6. The molecule has 0 aromatic heterocycles. The number of hydrogen-bond donors (Lipinski definition) is 6. The van der Waals surface area contributed by atoms with Crippen molar-refractivity contribution in [2.75, 3.05) is 14.1 Å². The Kier molecular flexibility index (Phi) is 4.86. The van der Waals surface area contributed by atoms with Gasteiger partial charge in [0.2, 0.25) is 5.78 Å². The van der Waals surface area contributed by atoms with Crippen LogP contribution in [-0.2, 0) is 24.7 Å². The number of cyclic esters (lactones) is 1. The minimum Gasteiger partial charge on any atom is -0.508 e. The quantitative estimate of drug-likeness (QED) is 0.249. The summed E-state index contributed by atoms with van der Waals surface area (Å²) in [6, 6.07) is 4.19. The summed E-state index contributed by atoms with van der Waals surface area (Å²) < 4.78 is 5.32. The number of phenolic OH excluding ortho intramolecular Hbond substituents is 1. The van der Waals surface area contributed by atoms with Crippen LogP contribution in [0.1, 0.15) is 24.5 Å². The second-order valence-corrected chi connectivity index (χ2v) is 8.95. The molecule has 0 spiro atoms. The Balaban J connectivity index is 2.06. The number of esters is 1. The topological polar surface area (TPSA) is 191 Å². The number of primary amides is 1. The number of nitrogens with two attached hydrogens (primary N) is 1. The highest BCUT2D eigenvalue weighted by Crippen LogP contribution is 2.56. The minimum absolute atomic E-state index is 0.150. The largest absolute Gasteiger partial charge is 0.508 e. The van der Waals surface area contributed by atoms with E-state index >= 15 is 0 Å². The van der Waals surface area contributed by atoms with Gasteiger partial charge in [0.25, 0.3) is 5.91 Å². The summed E-state index contributed by atoms with van der Waals surface area (Å²) in [7, 11) is 2.98. The molecule has 1 aromatic carbocycles. The first-order valence-corrected chi connectivity index (χ1v) is 10.1. The number of nitrogens with zero attached hydrogens (tertiary/aromatic N) is 1. The van der Waals surface area contributed by atoms with Crippen molar-refractivity contribution in [3.8, 4) is 5.75 Å². The van der Waals surface area contributed by atoms with Crippen LogP contribution < -0.4 is 5.73 Å². The monoisotopic (exact) mass is 460 g/mol. The highest BCUT2D eigenvalue weighted by Gasteiger charge is 2.65. The second kappa shape index (κ2) is 7.04. The summed E-state index contributed by atoms with van der Waals surface area (Å²) in [5.74, 6) is -8.87. The average molecular weight is 460 g/mol. The Labute approximate surface area is 188 Å². The molecule has 1 aromatic rings. The molecule has 5 atom stereocenters. The van der Waals surface area contributed by atoms with Crippen LogP contribution in [0.25, 0.3) is 5.76 Å². The van der Waals surface area contributed by atoms with E-state index in [2.05, 4.69) is 0 Å². The number of carbonyl (C=O) groups is 3. The Bertz CT molecular complexity index is 1170. The van der Waals surface area contributed by atoms with Gasteiger partial charge in [0, 0.05) is 11.5 Å². The molecule has 1 fully saturated rings. The molecular formula is C22H24N2O9. The molecule has 1 amide bonds. The number of aliphatic hydroxyl groups excluding tert-OH is 2. The van der Waals surface area contributed by atoms with E-state index in [-0.39, 0.29) is 17.5 Å². The van der Waals surface area contributed by atoms with Crippen LogP contribution >= 0.6 is 0 Å². The maximum atomic E-state index is 13.7. The predicted molar refractivity (Wildman–Crippen MR) is 111 cm³/mol. The zero-order valence-electron chi connectivity index (χ0n) is 18.1. The van der Waals surface area contributed by atoms with E-state index in [1.54, 1.807) is 0 Å². The molecule has 1 heterocycles. The Morgan fingerprint density at radius 1 is 1.18 bits per heavy atom. The van der Waals surface area contributed by atoms with Crippen LogP contribution in [0.5, 0.6) is 5.75 Å². The van der Waals surface area contributed by atoms with Crippen molar-refractivity contribution in [1.82, 2.24) is 4.90 Å². The van der Waals surface area contributed by atoms with Gasteiger partial charge in [-0.1, -0.05) is 12.1 Å². The molecule has 0 radical (unpaired) electrons. The first-order chi connectivity index (χ1) is 15.3. The average Bonchev–Trinajstić information content (AvgIpc) is 2.80. The lowest BCUT2D eigenvalue weighted by atomic mass is 9.57. The normalized spacial score (nSPS) is 33.8. The number of aromatic hydroxyl groups is 1. The third-order valence-corrected chi connectivity index (χ3v) is 6.85. The number of ether oxygens (including phenoxy) is 1. The lowest BCUT2D eigenvalue weighted by Crippen LogP contribution is -2.62. The summed E-state index contributed by atoms with van der Waals surface area (Å²) in [6.07, 6.45) is -1.56. The number of aliphatic hydroxyl groups is 4. The Morgan fingerprint density at radius 3 is 2.39 bits per heavy atom. The van der Waals surface area contributed by atoms with Gasteiger partial charge >= 0.3 is 5.97 Å². The van der Waals surface area contributed by atoms with Crippen LogP contribution in [0.2, 0.25) is 0 Å². The number of hydrogen-bond acceptors (Lipinski definition) is 10. The van der Waals surface area contributed by atoms with Crippen molar-refractivity contribution in [2.24, 2.45) is 17.6 Å². The number of ketones is 1. The summed E-state index contributed by atoms with van der Waals surface area (Å²) in [5.41, 5.74) is -1.07. The van der Waals surface area contributed by atoms with Gasteiger partial charge in [0.15, 0.2) is 23.2 Å². The number of Topliss-reactive ketones (excluding diaryl/α,β-unsaturated/α-hetero) is 1. The Morgan fingerprint density at radius 2 is 1.82 bits per heavy atom.